The van der Waals surface area contributed by atoms with Crippen LogP contribution in [0.3, 0.4) is 0 Å². The van der Waals surface area contributed by atoms with Crippen molar-refractivity contribution in [2.45, 2.75) is 30.8 Å². The molecule has 266 valence electrons. The first-order valence-electron chi connectivity index (χ1n) is 15.5. The van der Waals surface area contributed by atoms with E-state index in [0.29, 0.717) is 22.4 Å². The van der Waals surface area contributed by atoms with Crippen molar-refractivity contribution >= 4 is 40.6 Å². The van der Waals surface area contributed by atoms with Crippen LogP contribution in [0.5, 0.6) is 11.5 Å². The van der Waals surface area contributed by atoms with E-state index in [-0.39, 0.29) is 35.4 Å². The minimum absolute atomic E-state index is 0.0722. The van der Waals surface area contributed by atoms with E-state index in [9.17, 15) is 52.8 Å². The summed E-state index contributed by atoms with van der Waals surface area (Å²) in [6.45, 7) is 0. The standard InChI is InChI=1S/C35H31F3N4O9/c1-42(2)27-22-14-16-13-21-20(15-3-5-17(6-4-15)40-33(49)41-18-7-9-19(10-8-18)51-35(36,37)38)11-12-23(43)25(21)28(44)24(16)30(46)34(22,50)31(47)26(29(27)45)32(39)48/h3-12,16,22,27,43-44,47,50H,13-14H2,1-2H3,(H2,39,48)(H2,40,41,49)/t16-,22-,27?,34-/m0/s1. The third-order valence-corrected chi connectivity index (χ3v) is 9.40. The molecule has 0 saturated heterocycles. The first kappa shape index (κ1) is 35.0. The number of likely N-dealkylation sites (N-methyl/N-ethyl adjacent to an activating group) is 1. The van der Waals surface area contributed by atoms with E-state index in [1.165, 1.54) is 37.2 Å². The average molecular weight is 709 g/mol. The fraction of sp³-hybridized carbons (Fsp3) is 0.257. The molecule has 3 amide bonds. The van der Waals surface area contributed by atoms with Crippen LogP contribution >= 0.6 is 0 Å². The number of aromatic hydroxyl groups is 1. The van der Waals surface area contributed by atoms with Crippen molar-refractivity contribution in [2.24, 2.45) is 17.6 Å². The number of anilines is 2. The lowest BCUT2D eigenvalue weighted by molar-refractivity contribution is -0.274. The maximum Gasteiger partial charge on any atom is 0.573 e. The number of nitrogens with two attached hydrogens (primary N) is 1. The molecule has 1 saturated carbocycles. The molecule has 51 heavy (non-hydrogen) atoms. The molecule has 0 heterocycles. The highest BCUT2D eigenvalue weighted by Crippen LogP contribution is 2.53. The van der Waals surface area contributed by atoms with Gasteiger partial charge in [0.1, 0.15) is 28.6 Å². The Kier molecular flexibility index (Phi) is 8.55. The van der Waals surface area contributed by atoms with Gasteiger partial charge in [-0.15, -0.1) is 13.2 Å². The smallest absolute Gasteiger partial charge is 0.508 e. The maximum atomic E-state index is 14.0. The number of hydrogen-bond acceptors (Lipinski definition) is 10. The number of alkyl halides is 3. The number of aliphatic hydroxyl groups is 3. The van der Waals surface area contributed by atoms with Crippen LogP contribution in [0, 0.1) is 11.8 Å². The Bertz CT molecular complexity index is 2040. The van der Waals surface area contributed by atoms with Crippen LogP contribution in [0.2, 0.25) is 0 Å². The van der Waals surface area contributed by atoms with Crippen LogP contribution in [0.1, 0.15) is 17.5 Å². The summed E-state index contributed by atoms with van der Waals surface area (Å²) in [5.41, 5.74) is 3.53. The van der Waals surface area contributed by atoms with E-state index in [1.807, 2.05) is 0 Å². The number of hydrogen-bond donors (Lipinski definition) is 7. The Morgan fingerprint density at radius 1 is 0.941 bits per heavy atom. The molecule has 13 nitrogen and oxygen atoms in total. The minimum Gasteiger partial charge on any atom is -0.508 e. The van der Waals surface area contributed by atoms with Gasteiger partial charge in [0, 0.05) is 22.9 Å². The molecule has 4 atom stereocenters. The number of amides is 3. The van der Waals surface area contributed by atoms with Gasteiger partial charge < -0.3 is 41.5 Å². The molecule has 3 aromatic rings. The third kappa shape index (κ3) is 6.01. The van der Waals surface area contributed by atoms with Gasteiger partial charge in [-0.05, 0) is 92.0 Å². The summed E-state index contributed by atoms with van der Waals surface area (Å²) < 4.78 is 41.0. The van der Waals surface area contributed by atoms with Gasteiger partial charge in [0.25, 0.3) is 5.91 Å². The first-order chi connectivity index (χ1) is 23.9. The predicted molar refractivity (Wildman–Crippen MR) is 175 cm³/mol. The van der Waals surface area contributed by atoms with Gasteiger partial charge in [0.2, 0.25) is 5.78 Å². The second kappa shape index (κ2) is 12.5. The first-order valence-corrected chi connectivity index (χ1v) is 15.5. The fourth-order valence-electron chi connectivity index (χ4n) is 7.28. The second-order valence-corrected chi connectivity index (χ2v) is 12.7. The summed E-state index contributed by atoms with van der Waals surface area (Å²) in [6, 6.07) is 12.0. The van der Waals surface area contributed by atoms with Gasteiger partial charge >= 0.3 is 12.4 Å². The molecular formula is C35H31F3N4O9. The largest absolute Gasteiger partial charge is 0.573 e. The molecule has 8 N–H and O–H groups in total. The number of primary amides is 1. The van der Waals surface area contributed by atoms with Gasteiger partial charge in [0.15, 0.2) is 11.4 Å². The average Bonchev–Trinajstić information content (AvgIpc) is 3.03. The van der Waals surface area contributed by atoms with Crippen molar-refractivity contribution in [3.8, 4) is 22.6 Å². The zero-order valence-electron chi connectivity index (χ0n) is 26.9. The molecule has 3 aliphatic carbocycles. The number of fused-ring (bicyclic) bond motifs is 3. The number of carbonyl (C=O) groups excluding carboxylic acids is 4. The summed E-state index contributed by atoms with van der Waals surface area (Å²) in [6.07, 6.45) is -4.85. The number of urea groups is 1. The number of benzene rings is 3. The van der Waals surface area contributed by atoms with E-state index in [2.05, 4.69) is 15.4 Å². The van der Waals surface area contributed by atoms with Crippen LogP contribution in [-0.4, -0.2) is 80.9 Å². The molecule has 0 radical (unpaired) electrons. The molecule has 3 aromatic carbocycles. The van der Waals surface area contributed by atoms with Gasteiger partial charge in [-0.3, -0.25) is 19.3 Å². The minimum atomic E-state index is -4.85. The Hall–Kier alpha value is -5.87. The number of phenols is 1. The van der Waals surface area contributed by atoms with Gasteiger partial charge in [0.05, 0.1) is 11.6 Å². The van der Waals surface area contributed by atoms with Crippen molar-refractivity contribution < 1.29 is 57.5 Å². The van der Waals surface area contributed by atoms with Crippen molar-refractivity contribution in [1.29, 1.82) is 0 Å². The maximum absolute atomic E-state index is 14.0. The number of aliphatic hydroxyl groups excluding tert-OH is 2. The highest BCUT2D eigenvalue weighted by molar-refractivity contribution is 6.24. The van der Waals surface area contributed by atoms with Crippen LogP contribution < -0.4 is 21.1 Å². The Labute approximate surface area is 287 Å². The van der Waals surface area contributed by atoms with E-state index < -0.39 is 76.2 Å². The quantitative estimate of drug-likeness (QED) is 0.182. The molecule has 1 unspecified atom stereocenters. The van der Waals surface area contributed by atoms with Crippen molar-refractivity contribution in [3.05, 3.63) is 88.7 Å². The van der Waals surface area contributed by atoms with Crippen LogP contribution in [-0.2, 0) is 20.8 Å². The number of Topliss-reactive ketones (excluding diaryl/α,β-unsaturated/α-hetero) is 2. The van der Waals surface area contributed by atoms with Crippen LogP contribution in [0.15, 0.2) is 77.6 Å². The molecule has 16 heteroatoms. The van der Waals surface area contributed by atoms with Gasteiger partial charge in [-0.2, -0.15) is 0 Å². The van der Waals surface area contributed by atoms with Crippen molar-refractivity contribution in [3.63, 3.8) is 0 Å². The summed E-state index contributed by atoms with van der Waals surface area (Å²) in [5.74, 6) is -7.90. The lowest BCUT2D eigenvalue weighted by Crippen LogP contribution is -2.65. The molecule has 0 spiro atoms. The second-order valence-electron chi connectivity index (χ2n) is 12.7. The summed E-state index contributed by atoms with van der Waals surface area (Å²) in [5, 5.41) is 50.3. The predicted octanol–water partition coefficient (Wildman–Crippen LogP) is 4.17. The number of nitrogens with zero attached hydrogens (tertiary/aromatic N) is 1. The molecule has 1 fully saturated rings. The highest BCUT2D eigenvalue weighted by Gasteiger charge is 2.64. The number of halogens is 3. The monoisotopic (exact) mass is 708 g/mol. The number of nitrogens with one attached hydrogen (secondary N) is 2. The Morgan fingerprint density at radius 2 is 1.53 bits per heavy atom. The molecule has 0 bridgehead atoms. The number of ketones is 2. The lowest BCUT2D eigenvalue weighted by Gasteiger charge is -2.50. The van der Waals surface area contributed by atoms with E-state index in [1.54, 1.807) is 30.3 Å². The Morgan fingerprint density at radius 3 is 2.08 bits per heavy atom. The molecular weight excluding hydrogens is 677 g/mol. The van der Waals surface area contributed by atoms with Gasteiger partial charge in [-0.1, -0.05) is 18.2 Å². The molecule has 6 rings (SSSR count). The fourth-order valence-corrected chi connectivity index (χ4v) is 7.28. The van der Waals surface area contributed by atoms with Crippen LogP contribution in [0.25, 0.3) is 16.9 Å². The zero-order valence-corrected chi connectivity index (χ0v) is 26.9. The number of rotatable bonds is 6. The number of ether oxygens (including phenoxy) is 1. The Balaban J connectivity index is 1.29. The van der Waals surface area contributed by atoms with E-state index in [4.69, 9.17) is 5.73 Å². The third-order valence-electron chi connectivity index (χ3n) is 9.40. The summed E-state index contributed by atoms with van der Waals surface area (Å²) in [7, 11) is 3.03. The van der Waals surface area contributed by atoms with E-state index >= 15 is 0 Å². The number of phenolic OH excluding ortho intramolecular Hbond substituents is 1. The molecule has 3 aliphatic rings. The molecule has 0 aromatic heterocycles. The molecule has 0 aliphatic heterocycles. The zero-order chi connectivity index (χ0) is 37.2. The number of carbonyl (C=O) groups is 4. The highest BCUT2D eigenvalue weighted by atomic mass is 19.4. The van der Waals surface area contributed by atoms with Crippen molar-refractivity contribution in [2.75, 3.05) is 24.7 Å². The summed E-state index contributed by atoms with van der Waals surface area (Å²) in [4.78, 5) is 53.5. The topological polar surface area (TPSA) is 212 Å². The summed E-state index contributed by atoms with van der Waals surface area (Å²) >= 11 is 0. The normalized spacial score (nSPS) is 23.0. The van der Waals surface area contributed by atoms with E-state index in [0.717, 1.165) is 12.1 Å². The van der Waals surface area contributed by atoms with Crippen LogP contribution in [0.4, 0.5) is 29.3 Å². The van der Waals surface area contributed by atoms with Gasteiger partial charge in [-0.25, -0.2) is 4.79 Å². The van der Waals surface area contributed by atoms with Crippen molar-refractivity contribution in [1.82, 2.24) is 4.90 Å². The lowest BCUT2D eigenvalue weighted by atomic mass is 9.57. The SMILES string of the molecule is CN(C)C1C(=O)C(C(N)=O)=C(O)[C@@]2(O)C(=O)C3=C(O)c4c(O)ccc(-c5ccc(NC(=O)Nc6ccc(OC(F)(F)F)cc6)cc5)c4C[C@H]3C[C@@H]12.